The Balaban J connectivity index is 1.29. The normalized spacial score (nSPS) is 17.3. The van der Waals surface area contributed by atoms with Gasteiger partial charge in [-0.25, -0.2) is 0 Å². The third kappa shape index (κ3) is 5.50. The van der Waals surface area contributed by atoms with Gasteiger partial charge in [0.25, 0.3) is 11.1 Å². The van der Waals surface area contributed by atoms with E-state index >= 15 is 0 Å². The highest BCUT2D eigenvalue weighted by molar-refractivity contribution is 8.18. The zero-order valence-corrected chi connectivity index (χ0v) is 18.4. The van der Waals surface area contributed by atoms with Gasteiger partial charge in [0, 0.05) is 13.1 Å². The Morgan fingerprint density at radius 2 is 1.53 bits per heavy atom. The van der Waals surface area contributed by atoms with E-state index in [1.165, 1.54) is 0 Å². The lowest BCUT2D eigenvalue weighted by Gasteiger charge is -2.18. The van der Waals surface area contributed by atoms with E-state index < -0.39 is 11.1 Å². The molecule has 32 heavy (non-hydrogen) atoms. The molecule has 0 N–H and O–H groups in total. The Labute approximate surface area is 191 Å². The second-order valence-corrected chi connectivity index (χ2v) is 8.43. The standard InChI is InChI=1S/C24H24N2O5S/c27-22(25-12-4-5-13-25)17-26-23(28)21(32-24(26)29)16-18-8-10-20(11-9-18)31-15-14-30-19-6-2-1-3-7-19/h1-3,6-11,16H,4-5,12-15,17H2/b21-16+. The zero-order chi connectivity index (χ0) is 22.3. The molecule has 0 saturated carbocycles. The van der Waals surface area contributed by atoms with E-state index in [2.05, 4.69) is 0 Å². The van der Waals surface area contributed by atoms with Crippen molar-refractivity contribution in [2.45, 2.75) is 12.8 Å². The number of likely N-dealkylation sites (tertiary alicyclic amines) is 1. The average Bonchev–Trinajstić information content (AvgIpc) is 3.44. The Morgan fingerprint density at radius 3 is 2.19 bits per heavy atom. The third-order valence-electron chi connectivity index (χ3n) is 5.17. The number of ether oxygens (including phenoxy) is 2. The van der Waals surface area contributed by atoms with Gasteiger partial charge in [0.2, 0.25) is 5.91 Å². The van der Waals surface area contributed by atoms with Gasteiger partial charge in [0.05, 0.1) is 4.91 Å². The number of benzene rings is 2. The first-order chi connectivity index (χ1) is 15.6. The van der Waals surface area contributed by atoms with Crippen molar-refractivity contribution in [2.24, 2.45) is 0 Å². The summed E-state index contributed by atoms with van der Waals surface area (Å²) in [5.74, 6) is 0.875. The van der Waals surface area contributed by atoms with Gasteiger partial charge in [0.1, 0.15) is 31.3 Å². The quantitative estimate of drug-likeness (QED) is 0.448. The number of thioether (sulfide) groups is 1. The first kappa shape index (κ1) is 22.0. The van der Waals surface area contributed by atoms with Gasteiger partial charge in [-0.3, -0.25) is 19.3 Å². The van der Waals surface area contributed by atoms with Gasteiger partial charge in [-0.15, -0.1) is 0 Å². The molecule has 0 aliphatic carbocycles. The van der Waals surface area contributed by atoms with E-state index in [-0.39, 0.29) is 12.5 Å². The summed E-state index contributed by atoms with van der Waals surface area (Å²) in [6.45, 7) is 2.02. The maximum absolute atomic E-state index is 12.6. The van der Waals surface area contributed by atoms with E-state index in [0.29, 0.717) is 37.0 Å². The van der Waals surface area contributed by atoms with Crippen LogP contribution in [0.25, 0.3) is 6.08 Å². The summed E-state index contributed by atoms with van der Waals surface area (Å²) in [7, 11) is 0. The lowest BCUT2D eigenvalue weighted by molar-refractivity contribution is -0.135. The molecule has 2 saturated heterocycles. The van der Waals surface area contributed by atoms with Crippen LogP contribution < -0.4 is 9.47 Å². The lowest BCUT2D eigenvalue weighted by atomic mass is 10.2. The number of para-hydroxylation sites is 1. The molecule has 7 nitrogen and oxygen atoms in total. The van der Waals surface area contributed by atoms with Crippen LogP contribution in [0.4, 0.5) is 4.79 Å². The first-order valence-electron chi connectivity index (χ1n) is 10.5. The fraction of sp³-hybridized carbons (Fsp3) is 0.292. The Morgan fingerprint density at radius 1 is 0.906 bits per heavy atom. The van der Waals surface area contributed by atoms with Gasteiger partial charge >= 0.3 is 0 Å². The molecule has 2 aliphatic rings. The number of hydrogen-bond acceptors (Lipinski definition) is 6. The summed E-state index contributed by atoms with van der Waals surface area (Å²) in [6, 6.07) is 16.8. The van der Waals surface area contributed by atoms with E-state index in [1.54, 1.807) is 23.1 Å². The number of carbonyl (C=O) groups excluding carboxylic acids is 3. The molecule has 0 atom stereocenters. The molecule has 2 aromatic rings. The van der Waals surface area contributed by atoms with E-state index in [9.17, 15) is 14.4 Å². The molecule has 0 bridgehead atoms. The smallest absolute Gasteiger partial charge is 0.294 e. The minimum atomic E-state index is -0.425. The second kappa shape index (κ2) is 10.4. The fourth-order valence-corrected chi connectivity index (χ4v) is 4.32. The largest absolute Gasteiger partial charge is 0.490 e. The molecular weight excluding hydrogens is 428 g/mol. The molecule has 0 unspecified atom stereocenters. The SMILES string of the molecule is O=C(CN1C(=O)S/C(=C/c2ccc(OCCOc3ccccc3)cc2)C1=O)N1CCCC1. The van der Waals surface area contributed by atoms with E-state index in [4.69, 9.17) is 9.47 Å². The highest BCUT2D eigenvalue weighted by atomic mass is 32.2. The summed E-state index contributed by atoms with van der Waals surface area (Å²) >= 11 is 0.860. The maximum Gasteiger partial charge on any atom is 0.294 e. The molecule has 2 fully saturated rings. The Bertz CT molecular complexity index is 1000. The van der Waals surface area contributed by atoms with Crippen molar-refractivity contribution >= 4 is 34.9 Å². The van der Waals surface area contributed by atoms with Gasteiger partial charge in [-0.05, 0) is 60.5 Å². The van der Waals surface area contributed by atoms with Gasteiger partial charge in [-0.1, -0.05) is 30.3 Å². The molecule has 8 heteroatoms. The second-order valence-electron chi connectivity index (χ2n) is 7.43. The van der Waals surface area contributed by atoms with Crippen molar-refractivity contribution in [3.8, 4) is 11.5 Å². The minimum Gasteiger partial charge on any atom is -0.490 e. The molecule has 2 aromatic carbocycles. The van der Waals surface area contributed by atoms with Gasteiger partial charge in [-0.2, -0.15) is 0 Å². The topological polar surface area (TPSA) is 76.1 Å². The van der Waals surface area contributed by atoms with Crippen LogP contribution in [-0.4, -0.2) is 59.7 Å². The van der Waals surface area contributed by atoms with Crippen LogP contribution in [0.3, 0.4) is 0 Å². The van der Waals surface area contributed by atoms with Crippen LogP contribution >= 0.6 is 11.8 Å². The number of imide groups is 1. The highest BCUT2D eigenvalue weighted by Gasteiger charge is 2.37. The average molecular weight is 453 g/mol. The maximum atomic E-state index is 12.6. The molecule has 2 heterocycles. The molecule has 0 spiro atoms. The fourth-order valence-electron chi connectivity index (χ4n) is 3.49. The van der Waals surface area contributed by atoms with Crippen molar-refractivity contribution in [1.29, 1.82) is 0 Å². The number of rotatable bonds is 8. The van der Waals surface area contributed by atoms with Gasteiger partial charge in [0.15, 0.2) is 0 Å². The molecule has 0 radical (unpaired) electrons. The number of nitrogens with zero attached hydrogens (tertiary/aromatic N) is 2. The van der Waals surface area contributed by atoms with Crippen LogP contribution in [0.1, 0.15) is 18.4 Å². The van der Waals surface area contributed by atoms with Crippen molar-refractivity contribution in [3.05, 3.63) is 65.1 Å². The predicted molar refractivity (Wildman–Crippen MR) is 122 cm³/mol. The molecule has 0 aromatic heterocycles. The summed E-state index contributed by atoms with van der Waals surface area (Å²) < 4.78 is 11.3. The van der Waals surface area contributed by atoms with Crippen LogP contribution in [0.5, 0.6) is 11.5 Å². The van der Waals surface area contributed by atoms with E-state index in [1.807, 2.05) is 42.5 Å². The lowest BCUT2D eigenvalue weighted by Crippen LogP contribution is -2.40. The van der Waals surface area contributed by atoms with Crippen LogP contribution in [-0.2, 0) is 9.59 Å². The highest BCUT2D eigenvalue weighted by Crippen LogP contribution is 2.32. The van der Waals surface area contributed by atoms with Crippen molar-refractivity contribution < 1.29 is 23.9 Å². The Kier molecular flexibility index (Phi) is 7.11. The van der Waals surface area contributed by atoms with E-state index in [0.717, 1.165) is 40.8 Å². The first-order valence-corrected chi connectivity index (χ1v) is 11.4. The van der Waals surface area contributed by atoms with Crippen LogP contribution in [0.15, 0.2) is 59.5 Å². The van der Waals surface area contributed by atoms with Crippen LogP contribution in [0.2, 0.25) is 0 Å². The number of amides is 3. The summed E-state index contributed by atoms with van der Waals surface area (Å²) in [4.78, 5) is 40.3. The minimum absolute atomic E-state index is 0.177. The Hall–Kier alpha value is -3.26. The van der Waals surface area contributed by atoms with Crippen molar-refractivity contribution in [2.75, 3.05) is 32.8 Å². The zero-order valence-electron chi connectivity index (χ0n) is 17.6. The monoisotopic (exact) mass is 452 g/mol. The molecule has 166 valence electrons. The summed E-state index contributed by atoms with van der Waals surface area (Å²) in [5, 5.41) is -0.410. The van der Waals surface area contributed by atoms with Gasteiger partial charge < -0.3 is 14.4 Å². The van der Waals surface area contributed by atoms with Crippen molar-refractivity contribution in [1.82, 2.24) is 9.80 Å². The summed E-state index contributed by atoms with van der Waals surface area (Å²) in [6.07, 6.45) is 3.59. The number of carbonyl (C=O) groups is 3. The molecule has 2 aliphatic heterocycles. The predicted octanol–water partition coefficient (Wildman–Crippen LogP) is 3.80. The molecule has 4 rings (SSSR count). The number of hydrogen-bond donors (Lipinski definition) is 0. The van der Waals surface area contributed by atoms with Crippen LogP contribution in [0, 0.1) is 0 Å². The molecular formula is C24H24N2O5S. The third-order valence-corrected chi connectivity index (χ3v) is 6.07. The molecule has 3 amide bonds. The van der Waals surface area contributed by atoms with Crippen molar-refractivity contribution in [3.63, 3.8) is 0 Å². The summed E-state index contributed by atoms with van der Waals surface area (Å²) in [5.41, 5.74) is 0.772.